The third-order valence-electron chi connectivity index (χ3n) is 4.25. The van der Waals surface area contributed by atoms with E-state index in [0.717, 1.165) is 47.2 Å². The number of pyridine rings is 1. The summed E-state index contributed by atoms with van der Waals surface area (Å²) in [6.45, 7) is 8.16. The van der Waals surface area contributed by atoms with Gasteiger partial charge in [-0.05, 0) is 59.5 Å². The van der Waals surface area contributed by atoms with Crippen molar-refractivity contribution in [2.45, 2.75) is 27.2 Å². The minimum atomic E-state index is -0.314. The van der Waals surface area contributed by atoms with Crippen LogP contribution in [0.25, 0.3) is 10.9 Å². The van der Waals surface area contributed by atoms with E-state index >= 15 is 0 Å². The number of hydrogen-bond donors (Lipinski definition) is 0. The number of hydrogen-bond acceptors (Lipinski definition) is 5. The van der Waals surface area contributed by atoms with Gasteiger partial charge in [0.15, 0.2) is 0 Å². The average molecular weight is 343 g/mol. The molecule has 0 aliphatic rings. The Bertz CT molecular complexity index is 756. The number of aryl methyl sites for hydroxylation is 2. The number of aromatic nitrogens is 1. The van der Waals surface area contributed by atoms with Gasteiger partial charge in [-0.3, -0.25) is 4.98 Å². The van der Waals surface area contributed by atoms with E-state index in [-0.39, 0.29) is 5.97 Å². The Kier molecular flexibility index (Phi) is 6.37. The molecule has 0 amide bonds. The van der Waals surface area contributed by atoms with Crippen LogP contribution in [0, 0.1) is 13.8 Å². The zero-order chi connectivity index (χ0) is 18.6. The molecule has 0 fully saturated rings. The molecule has 0 bridgehead atoms. The Hall–Kier alpha value is -2.14. The Morgan fingerprint density at radius 2 is 1.88 bits per heavy atom. The normalized spacial score (nSPS) is 11.2. The molecule has 0 atom stereocenters. The fourth-order valence-corrected chi connectivity index (χ4v) is 3.15. The molecule has 1 aromatic heterocycles. The summed E-state index contributed by atoms with van der Waals surface area (Å²) in [7, 11) is 6.17. The molecule has 0 saturated heterocycles. The fourth-order valence-electron chi connectivity index (χ4n) is 3.15. The summed E-state index contributed by atoms with van der Waals surface area (Å²) >= 11 is 0. The van der Waals surface area contributed by atoms with E-state index in [1.54, 1.807) is 6.20 Å². The SMILES string of the molecule is CCOC(=O)c1cnc2c(C)cc(C)cc2c1N(C)CCCN(C)C. The third kappa shape index (κ3) is 4.48. The van der Waals surface area contributed by atoms with Gasteiger partial charge in [0.25, 0.3) is 0 Å². The highest BCUT2D eigenvalue weighted by Crippen LogP contribution is 2.32. The lowest BCUT2D eigenvalue weighted by atomic mass is 10.0. The van der Waals surface area contributed by atoms with Gasteiger partial charge in [0.05, 0.1) is 17.8 Å². The van der Waals surface area contributed by atoms with Crippen LogP contribution in [0.4, 0.5) is 5.69 Å². The Labute approximate surface area is 150 Å². The second-order valence-corrected chi connectivity index (χ2v) is 6.80. The quantitative estimate of drug-likeness (QED) is 0.721. The third-order valence-corrected chi connectivity index (χ3v) is 4.25. The molecule has 5 nitrogen and oxygen atoms in total. The van der Waals surface area contributed by atoms with E-state index in [9.17, 15) is 4.79 Å². The Balaban J connectivity index is 2.54. The van der Waals surface area contributed by atoms with Crippen LogP contribution in [-0.2, 0) is 4.74 Å². The maximum absolute atomic E-state index is 12.5. The number of fused-ring (bicyclic) bond motifs is 1. The summed E-state index contributed by atoms with van der Waals surface area (Å²) in [5, 5.41) is 1.01. The summed E-state index contributed by atoms with van der Waals surface area (Å²) in [6.07, 6.45) is 2.67. The van der Waals surface area contributed by atoms with Gasteiger partial charge in [0.1, 0.15) is 5.56 Å². The van der Waals surface area contributed by atoms with E-state index in [4.69, 9.17) is 4.74 Å². The first-order chi connectivity index (χ1) is 11.8. The van der Waals surface area contributed by atoms with Gasteiger partial charge in [-0.2, -0.15) is 0 Å². The zero-order valence-electron chi connectivity index (χ0n) is 16.2. The number of ether oxygens (including phenoxy) is 1. The molecule has 2 rings (SSSR count). The van der Waals surface area contributed by atoms with Crippen LogP contribution in [0.15, 0.2) is 18.3 Å². The monoisotopic (exact) mass is 343 g/mol. The highest BCUT2D eigenvalue weighted by atomic mass is 16.5. The molecule has 1 heterocycles. The van der Waals surface area contributed by atoms with Crippen LogP contribution in [0.1, 0.15) is 34.8 Å². The van der Waals surface area contributed by atoms with E-state index in [1.165, 1.54) is 0 Å². The van der Waals surface area contributed by atoms with Gasteiger partial charge in [-0.25, -0.2) is 4.79 Å². The minimum Gasteiger partial charge on any atom is -0.462 e. The molecule has 0 unspecified atom stereocenters. The van der Waals surface area contributed by atoms with Crippen molar-refractivity contribution in [3.8, 4) is 0 Å². The molecule has 0 aliphatic heterocycles. The maximum Gasteiger partial charge on any atom is 0.341 e. The maximum atomic E-state index is 12.5. The van der Waals surface area contributed by atoms with Crippen molar-refractivity contribution in [2.75, 3.05) is 45.7 Å². The molecule has 0 spiro atoms. The number of carbonyl (C=O) groups excluding carboxylic acids is 1. The van der Waals surface area contributed by atoms with Gasteiger partial charge in [-0.1, -0.05) is 11.6 Å². The van der Waals surface area contributed by atoms with Crippen molar-refractivity contribution in [2.24, 2.45) is 0 Å². The number of benzene rings is 1. The molecular weight excluding hydrogens is 314 g/mol. The van der Waals surface area contributed by atoms with Crippen molar-refractivity contribution >= 4 is 22.6 Å². The lowest BCUT2D eigenvalue weighted by Crippen LogP contribution is -2.25. The van der Waals surface area contributed by atoms with Gasteiger partial charge in [0.2, 0.25) is 0 Å². The number of rotatable bonds is 7. The molecule has 1 aromatic carbocycles. The number of nitrogens with zero attached hydrogens (tertiary/aromatic N) is 3. The predicted octanol–water partition coefficient (Wildman–Crippen LogP) is 3.42. The first-order valence-corrected chi connectivity index (χ1v) is 8.78. The van der Waals surface area contributed by atoms with E-state index < -0.39 is 0 Å². The average Bonchev–Trinajstić information content (AvgIpc) is 2.53. The van der Waals surface area contributed by atoms with Crippen molar-refractivity contribution in [3.63, 3.8) is 0 Å². The summed E-state index contributed by atoms with van der Waals surface area (Å²) in [5.74, 6) is -0.314. The van der Waals surface area contributed by atoms with Crippen LogP contribution in [0.3, 0.4) is 0 Å². The van der Waals surface area contributed by atoms with Crippen molar-refractivity contribution in [3.05, 3.63) is 35.0 Å². The number of carbonyl (C=O) groups is 1. The summed E-state index contributed by atoms with van der Waals surface area (Å²) in [6, 6.07) is 4.23. The topological polar surface area (TPSA) is 45.7 Å². The van der Waals surface area contributed by atoms with E-state index in [2.05, 4.69) is 54.9 Å². The molecule has 136 valence electrons. The smallest absolute Gasteiger partial charge is 0.341 e. The van der Waals surface area contributed by atoms with Gasteiger partial charge >= 0.3 is 5.97 Å². The van der Waals surface area contributed by atoms with Gasteiger partial charge in [-0.15, -0.1) is 0 Å². The van der Waals surface area contributed by atoms with Crippen molar-refractivity contribution in [1.29, 1.82) is 0 Å². The summed E-state index contributed by atoms with van der Waals surface area (Å²) < 4.78 is 5.26. The van der Waals surface area contributed by atoms with Gasteiger partial charge in [0, 0.05) is 25.2 Å². The fraction of sp³-hybridized carbons (Fsp3) is 0.500. The molecule has 5 heteroatoms. The summed E-state index contributed by atoms with van der Waals surface area (Å²) in [4.78, 5) is 21.3. The molecular formula is C20H29N3O2. The van der Waals surface area contributed by atoms with Crippen LogP contribution in [0.5, 0.6) is 0 Å². The molecule has 25 heavy (non-hydrogen) atoms. The largest absolute Gasteiger partial charge is 0.462 e. The number of esters is 1. The van der Waals surface area contributed by atoms with Crippen LogP contribution in [-0.4, -0.2) is 56.7 Å². The Morgan fingerprint density at radius 1 is 1.16 bits per heavy atom. The highest BCUT2D eigenvalue weighted by molar-refractivity contribution is 6.06. The number of anilines is 1. The van der Waals surface area contributed by atoms with Crippen molar-refractivity contribution < 1.29 is 9.53 Å². The van der Waals surface area contributed by atoms with Crippen LogP contribution >= 0.6 is 0 Å². The Morgan fingerprint density at radius 3 is 2.52 bits per heavy atom. The van der Waals surface area contributed by atoms with Gasteiger partial charge < -0.3 is 14.5 Å². The summed E-state index contributed by atoms with van der Waals surface area (Å²) in [5.41, 5.74) is 4.66. The van der Waals surface area contributed by atoms with Crippen LogP contribution < -0.4 is 4.90 Å². The molecule has 0 aliphatic carbocycles. The highest BCUT2D eigenvalue weighted by Gasteiger charge is 2.20. The second-order valence-electron chi connectivity index (χ2n) is 6.80. The lowest BCUT2D eigenvalue weighted by molar-refractivity contribution is 0.0527. The first kappa shape index (κ1) is 19.2. The van der Waals surface area contributed by atoms with Crippen LogP contribution in [0.2, 0.25) is 0 Å². The zero-order valence-corrected chi connectivity index (χ0v) is 16.2. The molecule has 0 saturated carbocycles. The molecule has 0 N–H and O–H groups in total. The lowest BCUT2D eigenvalue weighted by Gasteiger charge is -2.24. The van der Waals surface area contributed by atoms with E-state index in [1.807, 2.05) is 14.0 Å². The van der Waals surface area contributed by atoms with E-state index in [0.29, 0.717) is 12.2 Å². The second kappa shape index (κ2) is 8.30. The first-order valence-electron chi connectivity index (χ1n) is 8.78. The minimum absolute atomic E-state index is 0.314. The van der Waals surface area contributed by atoms with Crippen molar-refractivity contribution in [1.82, 2.24) is 9.88 Å². The molecule has 0 radical (unpaired) electrons. The standard InChI is InChI=1S/C20H29N3O2/c1-7-25-20(24)17-13-21-18-15(3)11-14(2)12-16(18)19(17)23(6)10-8-9-22(4)5/h11-13H,7-10H2,1-6H3. The predicted molar refractivity (Wildman–Crippen MR) is 104 cm³/mol. The molecule has 2 aromatic rings.